The quantitative estimate of drug-likeness (QED) is 0.124. The Balaban J connectivity index is 1.04. The lowest BCUT2D eigenvalue weighted by Gasteiger charge is -2.25. The smallest absolute Gasteiger partial charge is 0.0165 e. The fraction of sp³-hybridized carbons (Fsp3) is 0.0508. The van der Waals surface area contributed by atoms with Gasteiger partial charge in [0, 0.05) is 5.41 Å². The summed E-state index contributed by atoms with van der Waals surface area (Å²) in [4.78, 5) is 0. The summed E-state index contributed by atoms with van der Waals surface area (Å²) >= 11 is 0. The Hall–Kier alpha value is -7.28. The molecule has 11 aromatic rings. The maximum atomic E-state index is 2.39. The first kappa shape index (κ1) is 33.8. The van der Waals surface area contributed by atoms with E-state index in [-0.39, 0.29) is 5.41 Å². The van der Waals surface area contributed by atoms with Crippen LogP contribution in [0.15, 0.2) is 206 Å². The average Bonchev–Trinajstić information content (AvgIpc) is 3.54. The van der Waals surface area contributed by atoms with Crippen LogP contribution >= 0.6 is 0 Å². The predicted octanol–water partition coefficient (Wildman–Crippen LogP) is 16.4. The van der Waals surface area contributed by atoms with E-state index in [1.54, 1.807) is 0 Å². The maximum Gasteiger partial charge on any atom is 0.0165 e. The molecule has 1 aliphatic carbocycles. The van der Waals surface area contributed by atoms with E-state index in [4.69, 9.17) is 0 Å². The normalized spacial score (nSPS) is 13.1. The molecule has 59 heavy (non-hydrogen) atoms. The van der Waals surface area contributed by atoms with E-state index in [0.29, 0.717) is 0 Å². The molecule has 0 spiro atoms. The van der Waals surface area contributed by atoms with Crippen LogP contribution in [0.1, 0.15) is 25.0 Å². The molecule has 0 bridgehead atoms. The molecule has 0 aromatic heterocycles. The van der Waals surface area contributed by atoms with Crippen LogP contribution in [0, 0.1) is 0 Å². The zero-order chi connectivity index (χ0) is 39.2. The van der Waals surface area contributed by atoms with Crippen molar-refractivity contribution in [1.82, 2.24) is 0 Å². The van der Waals surface area contributed by atoms with E-state index < -0.39 is 0 Å². The summed E-state index contributed by atoms with van der Waals surface area (Å²) in [7, 11) is 0. The van der Waals surface area contributed by atoms with E-state index in [1.807, 2.05) is 0 Å². The van der Waals surface area contributed by atoms with Crippen molar-refractivity contribution in [3.05, 3.63) is 217 Å². The van der Waals surface area contributed by atoms with Crippen LogP contribution in [0.3, 0.4) is 0 Å². The van der Waals surface area contributed by atoms with Gasteiger partial charge in [-0.3, -0.25) is 0 Å². The number of hydrogen-bond donors (Lipinski definition) is 0. The number of benzene rings is 11. The molecule has 1 aliphatic rings. The molecule has 0 fully saturated rings. The van der Waals surface area contributed by atoms with Crippen LogP contribution in [-0.2, 0) is 5.41 Å². The van der Waals surface area contributed by atoms with E-state index in [1.165, 1.54) is 121 Å². The number of hydrogen-bond acceptors (Lipinski definition) is 0. The Labute approximate surface area is 344 Å². The van der Waals surface area contributed by atoms with Crippen LogP contribution in [0.2, 0.25) is 0 Å². The number of rotatable bonds is 4. The van der Waals surface area contributed by atoms with E-state index >= 15 is 0 Å². The largest absolute Gasteiger partial charge is 0.0616 e. The standard InChI is InChI=1S/C59H40/c1-59(2)54-35-34-37-16-3-6-19-42(37)57(54)52-29-15-28-43(58(52)59)38-30-32-39(33-31-38)55-48-24-11-13-26-50(48)56(51-27-14-12-25-49(51)55)47-23-10-9-22-46(47)53-36-40-17-4-5-18-41(40)44-20-7-8-21-45(44)53/h3-36H,1-2H3. The Morgan fingerprint density at radius 2 is 0.763 bits per heavy atom. The maximum absolute atomic E-state index is 2.39. The predicted molar refractivity (Wildman–Crippen MR) is 253 cm³/mol. The Bertz CT molecular complexity index is 3450. The van der Waals surface area contributed by atoms with Crippen LogP contribution in [0.4, 0.5) is 0 Å². The molecule has 276 valence electrons. The van der Waals surface area contributed by atoms with Gasteiger partial charge in [0.25, 0.3) is 0 Å². The monoisotopic (exact) mass is 748 g/mol. The minimum absolute atomic E-state index is 0.123. The second-order valence-corrected chi connectivity index (χ2v) is 16.7. The third-order valence-corrected chi connectivity index (χ3v) is 13.2. The van der Waals surface area contributed by atoms with Crippen LogP contribution < -0.4 is 0 Å². The summed E-state index contributed by atoms with van der Waals surface area (Å²) in [5.74, 6) is 0. The fourth-order valence-electron chi connectivity index (χ4n) is 10.7. The van der Waals surface area contributed by atoms with Crippen molar-refractivity contribution in [2.24, 2.45) is 0 Å². The molecule has 12 rings (SSSR count). The van der Waals surface area contributed by atoms with Crippen molar-refractivity contribution < 1.29 is 0 Å². The van der Waals surface area contributed by atoms with Gasteiger partial charge in [0.1, 0.15) is 0 Å². The third kappa shape index (κ3) is 4.96. The average molecular weight is 749 g/mol. The van der Waals surface area contributed by atoms with Gasteiger partial charge in [-0.1, -0.05) is 214 Å². The summed E-state index contributed by atoms with van der Waals surface area (Å²) < 4.78 is 0. The molecule has 0 atom stereocenters. The first-order valence-corrected chi connectivity index (χ1v) is 20.8. The molecular formula is C59H40. The molecule has 0 aliphatic heterocycles. The first-order valence-electron chi connectivity index (χ1n) is 20.8. The highest BCUT2D eigenvalue weighted by Gasteiger charge is 2.38. The van der Waals surface area contributed by atoms with Crippen LogP contribution in [-0.4, -0.2) is 0 Å². The van der Waals surface area contributed by atoms with E-state index in [9.17, 15) is 0 Å². The van der Waals surface area contributed by atoms with E-state index in [2.05, 4.69) is 220 Å². The lowest BCUT2D eigenvalue weighted by molar-refractivity contribution is 0.662. The van der Waals surface area contributed by atoms with Gasteiger partial charge in [-0.25, -0.2) is 0 Å². The lowest BCUT2D eigenvalue weighted by atomic mass is 9.78. The van der Waals surface area contributed by atoms with Crippen molar-refractivity contribution in [3.8, 4) is 55.6 Å². The molecule has 0 saturated heterocycles. The summed E-state index contributed by atoms with van der Waals surface area (Å²) in [6, 6.07) is 76.8. The number of fused-ring (bicyclic) bond motifs is 10. The van der Waals surface area contributed by atoms with Gasteiger partial charge in [-0.2, -0.15) is 0 Å². The Kier molecular flexibility index (Phi) is 7.38. The van der Waals surface area contributed by atoms with Gasteiger partial charge in [0.2, 0.25) is 0 Å². The van der Waals surface area contributed by atoms with Gasteiger partial charge in [0.05, 0.1) is 0 Å². The molecule has 0 unspecified atom stereocenters. The molecule has 0 amide bonds. The van der Waals surface area contributed by atoms with Crippen molar-refractivity contribution in [2.75, 3.05) is 0 Å². The third-order valence-electron chi connectivity index (χ3n) is 13.2. The van der Waals surface area contributed by atoms with Crippen LogP contribution in [0.25, 0.3) is 109 Å². The zero-order valence-corrected chi connectivity index (χ0v) is 33.1. The van der Waals surface area contributed by atoms with Crippen molar-refractivity contribution in [3.63, 3.8) is 0 Å². The molecular weight excluding hydrogens is 709 g/mol. The molecule has 0 saturated carbocycles. The second kappa shape index (κ2) is 12.9. The lowest BCUT2D eigenvalue weighted by Crippen LogP contribution is -2.16. The summed E-state index contributed by atoms with van der Waals surface area (Å²) in [6.45, 7) is 4.79. The summed E-state index contributed by atoms with van der Waals surface area (Å²) in [5.41, 5.74) is 15.5. The van der Waals surface area contributed by atoms with Crippen molar-refractivity contribution in [1.29, 1.82) is 0 Å². The highest BCUT2D eigenvalue weighted by Crippen LogP contribution is 2.54. The van der Waals surface area contributed by atoms with Gasteiger partial charge in [-0.05, 0) is 127 Å². The first-order chi connectivity index (χ1) is 29.1. The molecule has 0 nitrogen and oxygen atoms in total. The summed E-state index contributed by atoms with van der Waals surface area (Å²) in [5, 5.41) is 12.8. The fourth-order valence-corrected chi connectivity index (χ4v) is 10.7. The molecule has 0 radical (unpaired) electrons. The minimum atomic E-state index is -0.123. The van der Waals surface area contributed by atoms with Gasteiger partial charge in [0.15, 0.2) is 0 Å². The molecule has 0 heterocycles. The van der Waals surface area contributed by atoms with Crippen LogP contribution in [0.5, 0.6) is 0 Å². The highest BCUT2D eigenvalue weighted by atomic mass is 14.4. The topological polar surface area (TPSA) is 0 Å². The minimum Gasteiger partial charge on any atom is -0.0616 e. The SMILES string of the molecule is CC1(C)c2ccc3ccccc3c2-c2cccc(-c3ccc(-c4c5ccccc5c(-c5ccccc5-c5cc6ccccc6c6ccccc56)c5ccccc45)cc3)c21. The molecule has 11 aromatic carbocycles. The highest BCUT2D eigenvalue weighted by molar-refractivity contribution is 6.23. The van der Waals surface area contributed by atoms with Gasteiger partial charge < -0.3 is 0 Å². The van der Waals surface area contributed by atoms with Gasteiger partial charge >= 0.3 is 0 Å². The Morgan fingerprint density at radius 3 is 1.46 bits per heavy atom. The molecule has 0 N–H and O–H groups in total. The second-order valence-electron chi connectivity index (χ2n) is 16.7. The van der Waals surface area contributed by atoms with Crippen molar-refractivity contribution in [2.45, 2.75) is 19.3 Å². The van der Waals surface area contributed by atoms with Crippen molar-refractivity contribution >= 4 is 53.9 Å². The summed E-state index contributed by atoms with van der Waals surface area (Å²) in [6.07, 6.45) is 0. The van der Waals surface area contributed by atoms with E-state index in [0.717, 1.165) is 0 Å². The van der Waals surface area contributed by atoms with Gasteiger partial charge in [-0.15, -0.1) is 0 Å². The zero-order valence-electron chi connectivity index (χ0n) is 33.1. The molecule has 0 heteroatoms. The Morgan fingerprint density at radius 1 is 0.271 bits per heavy atom.